The third-order valence-corrected chi connectivity index (χ3v) is 4.28. The summed E-state index contributed by atoms with van der Waals surface area (Å²) in [6, 6.07) is 5.83. The van der Waals surface area contributed by atoms with Crippen molar-refractivity contribution in [3.8, 4) is 0 Å². The van der Waals surface area contributed by atoms with Gasteiger partial charge in [0.2, 0.25) is 5.91 Å². The maximum atomic E-state index is 13.2. The molecule has 1 saturated heterocycles. The third-order valence-electron chi connectivity index (χ3n) is 4.28. The van der Waals surface area contributed by atoms with Crippen LogP contribution in [0.3, 0.4) is 0 Å². The van der Waals surface area contributed by atoms with Crippen molar-refractivity contribution in [1.82, 2.24) is 14.9 Å². The molecule has 0 radical (unpaired) electrons. The fourth-order valence-electron chi connectivity index (χ4n) is 2.95. The lowest BCUT2D eigenvalue weighted by Gasteiger charge is -2.33. The Morgan fingerprint density at radius 2 is 2.20 bits per heavy atom. The molecule has 6 nitrogen and oxygen atoms in total. The third kappa shape index (κ3) is 4.11. The molecule has 2 heterocycles. The maximum absolute atomic E-state index is 13.2. The standard InChI is InChI=1S/C18H20FN3O3/c1-11-7-14(19)4-3-13(11)8-18(24)22-5-6-25-16(10-22)15-9-17(23)21-12(2)20-15/h3-4,7,9,16H,5-6,8,10H2,1-2H3,(H,20,21,23)/t16-/m1/s1. The second kappa shape index (κ2) is 7.14. The Bertz CT molecular complexity index is 850. The Hall–Kier alpha value is -2.54. The fraction of sp³-hybridized carbons (Fsp3) is 0.389. The van der Waals surface area contributed by atoms with Gasteiger partial charge in [-0.15, -0.1) is 0 Å². The number of aryl methyl sites for hydroxylation is 2. The number of ether oxygens (including phenoxy) is 1. The highest BCUT2D eigenvalue weighted by molar-refractivity contribution is 5.79. The van der Waals surface area contributed by atoms with Gasteiger partial charge in [-0.25, -0.2) is 9.37 Å². The number of halogens is 1. The predicted octanol–water partition coefficient (Wildman–Crippen LogP) is 1.67. The van der Waals surface area contributed by atoms with Crippen LogP contribution in [-0.2, 0) is 16.0 Å². The van der Waals surface area contributed by atoms with Crippen LogP contribution in [0.15, 0.2) is 29.1 Å². The van der Waals surface area contributed by atoms with Crippen molar-refractivity contribution in [3.63, 3.8) is 0 Å². The van der Waals surface area contributed by atoms with Gasteiger partial charge in [0.15, 0.2) is 0 Å². The number of H-pyrrole nitrogens is 1. The Morgan fingerprint density at radius 1 is 1.40 bits per heavy atom. The molecule has 7 heteroatoms. The number of carbonyl (C=O) groups is 1. The molecule has 0 saturated carbocycles. The van der Waals surface area contributed by atoms with E-state index in [0.717, 1.165) is 11.1 Å². The van der Waals surface area contributed by atoms with Crippen molar-refractivity contribution in [2.45, 2.75) is 26.4 Å². The molecule has 1 aliphatic heterocycles. The van der Waals surface area contributed by atoms with Crippen LogP contribution in [0.2, 0.25) is 0 Å². The van der Waals surface area contributed by atoms with Gasteiger partial charge in [0.1, 0.15) is 17.7 Å². The molecule has 1 amide bonds. The number of nitrogens with one attached hydrogen (secondary N) is 1. The van der Waals surface area contributed by atoms with Gasteiger partial charge in [0, 0.05) is 12.6 Å². The summed E-state index contributed by atoms with van der Waals surface area (Å²) < 4.78 is 18.9. The maximum Gasteiger partial charge on any atom is 0.251 e. The van der Waals surface area contributed by atoms with E-state index in [9.17, 15) is 14.0 Å². The summed E-state index contributed by atoms with van der Waals surface area (Å²) >= 11 is 0. The van der Waals surface area contributed by atoms with E-state index < -0.39 is 6.10 Å². The number of aromatic amines is 1. The van der Waals surface area contributed by atoms with Crippen LogP contribution in [-0.4, -0.2) is 40.5 Å². The number of hydrogen-bond donors (Lipinski definition) is 1. The average molecular weight is 345 g/mol. The number of hydrogen-bond acceptors (Lipinski definition) is 4. The number of amides is 1. The zero-order valence-electron chi connectivity index (χ0n) is 14.2. The second-order valence-electron chi connectivity index (χ2n) is 6.20. The molecule has 0 bridgehead atoms. The molecule has 1 fully saturated rings. The summed E-state index contributed by atoms with van der Waals surface area (Å²) in [4.78, 5) is 32.8. The van der Waals surface area contributed by atoms with E-state index in [2.05, 4.69) is 9.97 Å². The van der Waals surface area contributed by atoms with Crippen molar-refractivity contribution < 1.29 is 13.9 Å². The van der Waals surface area contributed by atoms with Crippen molar-refractivity contribution in [3.05, 3.63) is 63.1 Å². The van der Waals surface area contributed by atoms with E-state index >= 15 is 0 Å². The number of morpholine rings is 1. The molecule has 1 aromatic carbocycles. The van der Waals surface area contributed by atoms with E-state index in [1.54, 1.807) is 24.8 Å². The first-order valence-corrected chi connectivity index (χ1v) is 8.14. The SMILES string of the molecule is Cc1nc([C@H]2CN(C(=O)Cc3ccc(F)cc3C)CCO2)cc(=O)[nH]1. The molecular weight excluding hydrogens is 325 g/mol. The summed E-state index contributed by atoms with van der Waals surface area (Å²) in [7, 11) is 0. The Balaban J connectivity index is 1.72. The number of nitrogens with zero attached hydrogens (tertiary/aromatic N) is 2. The van der Waals surface area contributed by atoms with Crippen molar-refractivity contribution in [1.29, 1.82) is 0 Å². The molecule has 2 aromatic rings. The van der Waals surface area contributed by atoms with E-state index in [4.69, 9.17) is 4.74 Å². The highest BCUT2D eigenvalue weighted by Crippen LogP contribution is 2.21. The molecule has 1 aromatic heterocycles. The summed E-state index contributed by atoms with van der Waals surface area (Å²) in [5.74, 6) is 0.150. The molecule has 1 aliphatic rings. The van der Waals surface area contributed by atoms with Gasteiger partial charge < -0.3 is 14.6 Å². The van der Waals surface area contributed by atoms with Crippen LogP contribution in [0.4, 0.5) is 4.39 Å². The van der Waals surface area contributed by atoms with Gasteiger partial charge in [-0.1, -0.05) is 6.07 Å². The summed E-state index contributed by atoms with van der Waals surface area (Å²) in [6.45, 7) is 4.70. The largest absolute Gasteiger partial charge is 0.368 e. The monoisotopic (exact) mass is 345 g/mol. The van der Waals surface area contributed by atoms with Crippen LogP contribution in [0.1, 0.15) is 28.7 Å². The lowest BCUT2D eigenvalue weighted by Crippen LogP contribution is -2.43. The molecule has 1 atom stereocenters. The van der Waals surface area contributed by atoms with Gasteiger partial charge >= 0.3 is 0 Å². The van der Waals surface area contributed by atoms with E-state index in [-0.39, 0.29) is 23.7 Å². The molecule has 0 spiro atoms. The predicted molar refractivity (Wildman–Crippen MR) is 89.7 cm³/mol. The first kappa shape index (κ1) is 17.3. The molecule has 132 valence electrons. The number of rotatable bonds is 3. The highest BCUT2D eigenvalue weighted by Gasteiger charge is 2.27. The quantitative estimate of drug-likeness (QED) is 0.918. The minimum atomic E-state index is -0.423. The van der Waals surface area contributed by atoms with Crippen molar-refractivity contribution in [2.24, 2.45) is 0 Å². The van der Waals surface area contributed by atoms with Crippen LogP contribution in [0, 0.1) is 19.7 Å². The second-order valence-corrected chi connectivity index (χ2v) is 6.20. The average Bonchev–Trinajstić information content (AvgIpc) is 2.56. The smallest absolute Gasteiger partial charge is 0.251 e. The van der Waals surface area contributed by atoms with E-state index in [0.29, 0.717) is 31.2 Å². The van der Waals surface area contributed by atoms with Gasteiger partial charge in [0.25, 0.3) is 5.56 Å². The lowest BCUT2D eigenvalue weighted by molar-refractivity contribution is -0.138. The minimum Gasteiger partial charge on any atom is -0.368 e. The Labute approximate surface area is 144 Å². The topological polar surface area (TPSA) is 75.3 Å². The molecule has 1 N–H and O–H groups in total. The minimum absolute atomic E-state index is 0.0513. The van der Waals surface area contributed by atoms with Crippen LogP contribution >= 0.6 is 0 Å². The Morgan fingerprint density at radius 3 is 2.92 bits per heavy atom. The van der Waals surface area contributed by atoms with Gasteiger partial charge in [-0.3, -0.25) is 9.59 Å². The first-order valence-electron chi connectivity index (χ1n) is 8.14. The lowest BCUT2D eigenvalue weighted by atomic mass is 10.0. The first-order chi connectivity index (χ1) is 11.9. The van der Waals surface area contributed by atoms with Gasteiger partial charge in [0.05, 0.1) is 25.3 Å². The van der Waals surface area contributed by atoms with Crippen LogP contribution in [0.5, 0.6) is 0 Å². The molecule has 25 heavy (non-hydrogen) atoms. The zero-order chi connectivity index (χ0) is 18.0. The Kier molecular flexibility index (Phi) is 4.94. The number of benzene rings is 1. The molecule has 0 unspecified atom stereocenters. The van der Waals surface area contributed by atoms with Crippen LogP contribution in [0.25, 0.3) is 0 Å². The molecular formula is C18H20FN3O3. The van der Waals surface area contributed by atoms with E-state index in [1.807, 2.05) is 0 Å². The fourth-order valence-corrected chi connectivity index (χ4v) is 2.95. The number of carbonyl (C=O) groups excluding carboxylic acids is 1. The van der Waals surface area contributed by atoms with Crippen molar-refractivity contribution >= 4 is 5.91 Å². The van der Waals surface area contributed by atoms with Crippen LogP contribution < -0.4 is 5.56 Å². The summed E-state index contributed by atoms with van der Waals surface area (Å²) in [5, 5.41) is 0. The summed E-state index contributed by atoms with van der Waals surface area (Å²) in [5.41, 5.74) is 1.85. The molecule has 0 aliphatic carbocycles. The van der Waals surface area contributed by atoms with E-state index in [1.165, 1.54) is 18.2 Å². The zero-order valence-corrected chi connectivity index (χ0v) is 14.2. The van der Waals surface area contributed by atoms with Gasteiger partial charge in [-0.2, -0.15) is 0 Å². The normalized spacial score (nSPS) is 17.6. The number of aromatic nitrogens is 2. The van der Waals surface area contributed by atoms with Gasteiger partial charge in [-0.05, 0) is 37.1 Å². The van der Waals surface area contributed by atoms with Crippen molar-refractivity contribution in [2.75, 3.05) is 19.7 Å². The highest BCUT2D eigenvalue weighted by atomic mass is 19.1. The molecule has 3 rings (SSSR count). The summed E-state index contributed by atoms with van der Waals surface area (Å²) in [6.07, 6.45) is -0.214.